The van der Waals surface area contributed by atoms with Gasteiger partial charge in [0.1, 0.15) is 17.9 Å². The first-order valence-electron chi connectivity index (χ1n) is 7.92. The molecular formula is C17H13ClN4O6. The Kier molecular flexibility index (Phi) is 5.41. The molecule has 1 heterocycles. The third-order valence-corrected chi connectivity index (χ3v) is 4.06. The summed E-state index contributed by atoms with van der Waals surface area (Å²) < 4.78 is 5.28. The number of hydrogen-bond donors (Lipinski definition) is 2. The van der Waals surface area contributed by atoms with Gasteiger partial charge in [-0.25, -0.2) is 0 Å². The summed E-state index contributed by atoms with van der Waals surface area (Å²) in [6, 6.07) is 10.2. The van der Waals surface area contributed by atoms with E-state index in [0.717, 1.165) is 6.07 Å². The van der Waals surface area contributed by atoms with Crippen LogP contribution >= 0.6 is 11.6 Å². The number of nitrogens with one attached hydrogen (secondary N) is 2. The predicted molar refractivity (Wildman–Crippen MR) is 98.0 cm³/mol. The van der Waals surface area contributed by atoms with Crippen molar-refractivity contribution >= 4 is 40.7 Å². The Bertz CT molecular complexity index is 980. The van der Waals surface area contributed by atoms with Crippen LogP contribution in [0.3, 0.4) is 0 Å². The minimum absolute atomic E-state index is 0.0942. The van der Waals surface area contributed by atoms with Gasteiger partial charge in [-0.2, -0.15) is 0 Å². The molecule has 0 saturated carbocycles. The molecule has 2 N–H and O–H groups in total. The zero-order valence-corrected chi connectivity index (χ0v) is 14.9. The predicted octanol–water partition coefficient (Wildman–Crippen LogP) is 1.43. The summed E-state index contributed by atoms with van der Waals surface area (Å²) in [6.45, 7) is -0.587. The van der Waals surface area contributed by atoms with Crippen LogP contribution in [0.25, 0.3) is 0 Å². The molecule has 0 fully saturated rings. The van der Waals surface area contributed by atoms with Gasteiger partial charge in [0.25, 0.3) is 23.4 Å². The normalized spacial score (nSPS) is 12.6. The van der Waals surface area contributed by atoms with Gasteiger partial charge in [-0.3, -0.25) is 40.2 Å². The maximum absolute atomic E-state index is 12.2. The minimum atomic E-state index is -0.898. The molecular weight excluding hydrogens is 392 g/mol. The van der Waals surface area contributed by atoms with Crippen LogP contribution in [-0.2, 0) is 9.59 Å². The first kappa shape index (κ1) is 19.1. The van der Waals surface area contributed by atoms with Crippen LogP contribution in [0.5, 0.6) is 5.75 Å². The average molecular weight is 405 g/mol. The molecule has 2 aromatic carbocycles. The van der Waals surface area contributed by atoms with Crippen LogP contribution < -0.4 is 20.5 Å². The van der Waals surface area contributed by atoms with Crippen molar-refractivity contribution in [3.05, 3.63) is 63.2 Å². The van der Waals surface area contributed by atoms with Gasteiger partial charge >= 0.3 is 0 Å². The van der Waals surface area contributed by atoms with Crippen LogP contribution in [-0.4, -0.2) is 35.8 Å². The SMILES string of the molecule is O=C(CN1C(=O)COc2ccccc21)NNC(=O)c1ccc(Cl)cc1[N+](=O)[O-]. The topological polar surface area (TPSA) is 131 Å². The Balaban J connectivity index is 1.66. The van der Waals surface area contributed by atoms with Gasteiger partial charge < -0.3 is 4.74 Å². The van der Waals surface area contributed by atoms with Crippen molar-refractivity contribution in [2.24, 2.45) is 0 Å². The second-order valence-electron chi connectivity index (χ2n) is 5.66. The second-order valence-corrected chi connectivity index (χ2v) is 6.09. The fourth-order valence-corrected chi connectivity index (χ4v) is 2.72. The zero-order valence-electron chi connectivity index (χ0n) is 14.2. The maximum atomic E-state index is 12.2. The maximum Gasteiger partial charge on any atom is 0.283 e. The Labute approximate surface area is 163 Å². The average Bonchev–Trinajstić information content (AvgIpc) is 2.68. The quantitative estimate of drug-likeness (QED) is 0.585. The molecule has 0 spiro atoms. The van der Waals surface area contributed by atoms with E-state index in [-0.39, 0.29) is 23.7 Å². The number of para-hydroxylation sites is 2. The van der Waals surface area contributed by atoms with Gasteiger partial charge in [0.15, 0.2) is 6.61 Å². The highest BCUT2D eigenvalue weighted by molar-refractivity contribution is 6.31. The van der Waals surface area contributed by atoms with Gasteiger partial charge in [-0.15, -0.1) is 0 Å². The van der Waals surface area contributed by atoms with Gasteiger partial charge in [-0.1, -0.05) is 23.7 Å². The molecule has 1 aliphatic rings. The van der Waals surface area contributed by atoms with Gasteiger partial charge in [0.05, 0.1) is 10.6 Å². The second kappa shape index (κ2) is 7.92. The highest BCUT2D eigenvalue weighted by Gasteiger charge is 2.27. The summed E-state index contributed by atoms with van der Waals surface area (Å²) in [6.07, 6.45) is 0. The number of nitro groups is 1. The van der Waals surface area contributed by atoms with Crippen molar-refractivity contribution in [1.29, 1.82) is 0 Å². The molecule has 28 heavy (non-hydrogen) atoms. The molecule has 0 bridgehead atoms. The fourth-order valence-electron chi connectivity index (χ4n) is 2.55. The Morgan fingerprint density at radius 2 is 1.96 bits per heavy atom. The molecule has 144 valence electrons. The lowest BCUT2D eigenvalue weighted by Crippen LogP contribution is -2.49. The van der Waals surface area contributed by atoms with Crippen molar-refractivity contribution in [3.63, 3.8) is 0 Å². The van der Waals surface area contributed by atoms with E-state index >= 15 is 0 Å². The number of ether oxygens (including phenoxy) is 1. The summed E-state index contributed by atoms with van der Waals surface area (Å²) in [5.41, 5.74) is 3.86. The van der Waals surface area contributed by atoms with E-state index in [4.69, 9.17) is 16.3 Å². The summed E-state index contributed by atoms with van der Waals surface area (Å²) in [4.78, 5) is 47.9. The molecule has 0 aliphatic carbocycles. The van der Waals surface area contributed by atoms with Crippen LogP contribution in [0.4, 0.5) is 11.4 Å². The first-order valence-corrected chi connectivity index (χ1v) is 8.30. The van der Waals surface area contributed by atoms with Crippen molar-refractivity contribution in [1.82, 2.24) is 10.9 Å². The molecule has 11 heteroatoms. The summed E-state index contributed by atoms with van der Waals surface area (Å²) >= 11 is 5.70. The highest BCUT2D eigenvalue weighted by atomic mass is 35.5. The molecule has 10 nitrogen and oxygen atoms in total. The number of rotatable bonds is 4. The fraction of sp³-hybridized carbons (Fsp3) is 0.118. The molecule has 2 aromatic rings. The summed E-state index contributed by atoms with van der Waals surface area (Å²) in [5, 5.41) is 11.2. The van der Waals surface area contributed by atoms with Gasteiger partial charge in [-0.05, 0) is 24.3 Å². The number of hydrazine groups is 1. The lowest BCUT2D eigenvalue weighted by Gasteiger charge is -2.28. The molecule has 0 aromatic heterocycles. The molecule has 1 aliphatic heterocycles. The van der Waals surface area contributed by atoms with Crippen LogP contribution in [0.15, 0.2) is 42.5 Å². The van der Waals surface area contributed by atoms with Crippen molar-refractivity contribution in [3.8, 4) is 5.75 Å². The number of fused-ring (bicyclic) bond motifs is 1. The van der Waals surface area contributed by atoms with Crippen molar-refractivity contribution in [2.75, 3.05) is 18.1 Å². The van der Waals surface area contributed by atoms with Gasteiger partial charge in [0, 0.05) is 11.1 Å². The van der Waals surface area contributed by atoms with E-state index in [1.54, 1.807) is 24.3 Å². The Morgan fingerprint density at radius 3 is 2.71 bits per heavy atom. The van der Waals surface area contributed by atoms with E-state index < -0.39 is 28.3 Å². The highest BCUT2D eigenvalue weighted by Crippen LogP contribution is 2.31. The number of benzene rings is 2. The standard InChI is InChI=1S/C17H13ClN4O6/c18-10-5-6-11(13(7-10)22(26)27)17(25)20-19-15(23)8-21-12-3-1-2-4-14(12)28-9-16(21)24/h1-7H,8-9H2,(H,19,23)(H,20,25). The number of hydrogen-bond acceptors (Lipinski definition) is 6. The zero-order chi connectivity index (χ0) is 20.3. The Morgan fingerprint density at radius 1 is 1.21 bits per heavy atom. The van der Waals surface area contributed by atoms with E-state index in [1.807, 2.05) is 0 Å². The van der Waals surface area contributed by atoms with E-state index in [9.17, 15) is 24.5 Å². The van der Waals surface area contributed by atoms with Crippen molar-refractivity contribution < 1.29 is 24.0 Å². The van der Waals surface area contributed by atoms with Crippen molar-refractivity contribution in [2.45, 2.75) is 0 Å². The first-order chi connectivity index (χ1) is 13.4. The third-order valence-electron chi connectivity index (χ3n) is 3.83. The largest absolute Gasteiger partial charge is 0.482 e. The van der Waals surface area contributed by atoms with Crippen LogP contribution in [0, 0.1) is 10.1 Å². The molecule has 3 rings (SSSR count). The number of nitrogens with zero attached hydrogens (tertiary/aromatic N) is 2. The molecule has 0 saturated heterocycles. The molecule has 0 radical (unpaired) electrons. The number of carbonyl (C=O) groups is 3. The molecule has 0 atom stereocenters. The molecule has 3 amide bonds. The van der Waals surface area contributed by atoms with Crippen LogP contribution in [0.2, 0.25) is 5.02 Å². The number of carbonyl (C=O) groups excluding carboxylic acids is 3. The lowest BCUT2D eigenvalue weighted by molar-refractivity contribution is -0.385. The smallest absolute Gasteiger partial charge is 0.283 e. The van der Waals surface area contributed by atoms with Crippen LogP contribution in [0.1, 0.15) is 10.4 Å². The van der Waals surface area contributed by atoms with E-state index in [1.165, 1.54) is 17.0 Å². The number of nitro benzene ring substituents is 1. The minimum Gasteiger partial charge on any atom is -0.482 e. The Hall–Kier alpha value is -3.66. The molecule has 0 unspecified atom stereocenters. The summed E-state index contributed by atoms with van der Waals surface area (Å²) in [5.74, 6) is -1.57. The number of amides is 3. The number of anilines is 1. The third kappa shape index (κ3) is 4.01. The van der Waals surface area contributed by atoms with E-state index in [2.05, 4.69) is 10.9 Å². The number of halogens is 1. The summed E-state index contributed by atoms with van der Waals surface area (Å²) in [7, 11) is 0. The lowest BCUT2D eigenvalue weighted by atomic mass is 10.2. The van der Waals surface area contributed by atoms with E-state index in [0.29, 0.717) is 11.4 Å². The monoisotopic (exact) mass is 404 g/mol. The van der Waals surface area contributed by atoms with Gasteiger partial charge in [0.2, 0.25) is 0 Å².